The minimum Gasteiger partial charge on any atom is -0.396 e. The molecule has 0 bridgehead atoms. The molecule has 3 heterocycles. The number of pyridine rings is 1. The van der Waals surface area contributed by atoms with Crippen LogP contribution in [-0.4, -0.2) is 34.3 Å². The molecule has 1 aliphatic rings. The summed E-state index contributed by atoms with van der Waals surface area (Å²) in [7, 11) is 0. The van der Waals surface area contributed by atoms with Gasteiger partial charge < -0.3 is 20.3 Å². The summed E-state index contributed by atoms with van der Waals surface area (Å²) in [5.41, 5.74) is 2.27. The third-order valence-electron chi connectivity index (χ3n) is 5.21. The lowest BCUT2D eigenvalue weighted by molar-refractivity contribution is 0.262. The molecule has 0 aliphatic carbocycles. The molecule has 2 aromatic heterocycles. The Morgan fingerprint density at radius 1 is 1.19 bits per heavy atom. The molecule has 0 radical (unpaired) electrons. The van der Waals surface area contributed by atoms with Crippen LogP contribution in [0.5, 0.6) is 0 Å². The fourth-order valence-electron chi connectivity index (χ4n) is 3.86. The molecule has 4 rings (SSSR count). The van der Waals surface area contributed by atoms with Gasteiger partial charge in [-0.05, 0) is 43.4 Å². The Labute approximate surface area is 154 Å². The summed E-state index contributed by atoms with van der Waals surface area (Å²) in [4.78, 5) is 10.6. The number of aromatic nitrogens is 2. The molecule has 1 unspecified atom stereocenters. The van der Waals surface area contributed by atoms with Crippen molar-refractivity contribution in [2.45, 2.75) is 38.3 Å². The predicted molar refractivity (Wildman–Crippen MR) is 107 cm³/mol. The van der Waals surface area contributed by atoms with Crippen molar-refractivity contribution in [2.75, 3.05) is 23.4 Å². The molecule has 136 valence electrons. The van der Waals surface area contributed by atoms with Gasteiger partial charge in [-0.15, -0.1) is 0 Å². The average molecular weight is 350 g/mol. The Kier molecular flexibility index (Phi) is 5.07. The number of aliphatic hydroxyl groups excluding tert-OH is 1. The molecule has 1 atom stereocenters. The predicted octanol–water partition coefficient (Wildman–Crippen LogP) is 3.92. The lowest BCUT2D eigenvalue weighted by Gasteiger charge is -2.36. The first-order valence-corrected chi connectivity index (χ1v) is 9.48. The molecular formula is C21H26N4O. The van der Waals surface area contributed by atoms with Gasteiger partial charge in [0.05, 0.1) is 5.52 Å². The number of aromatic amines is 1. The molecule has 0 spiro atoms. The monoisotopic (exact) mass is 350 g/mol. The Hall–Kier alpha value is -2.53. The van der Waals surface area contributed by atoms with E-state index in [0.717, 1.165) is 43.1 Å². The second-order valence-electron chi connectivity index (χ2n) is 6.97. The Balaban J connectivity index is 1.63. The minimum absolute atomic E-state index is 0.229. The van der Waals surface area contributed by atoms with Crippen LogP contribution in [0.1, 0.15) is 31.2 Å². The summed E-state index contributed by atoms with van der Waals surface area (Å²) in [6, 6.07) is 15.0. The van der Waals surface area contributed by atoms with E-state index < -0.39 is 0 Å². The van der Waals surface area contributed by atoms with E-state index in [0.29, 0.717) is 6.04 Å². The van der Waals surface area contributed by atoms with Crippen molar-refractivity contribution in [3.63, 3.8) is 0 Å². The van der Waals surface area contributed by atoms with E-state index in [9.17, 15) is 5.11 Å². The molecule has 3 aromatic rings. The summed E-state index contributed by atoms with van der Waals surface area (Å²) >= 11 is 0. The van der Waals surface area contributed by atoms with Gasteiger partial charge in [0.25, 0.3) is 0 Å². The van der Waals surface area contributed by atoms with Crippen LogP contribution in [-0.2, 0) is 6.54 Å². The van der Waals surface area contributed by atoms with Crippen molar-refractivity contribution < 1.29 is 5.11 Å². The lowest BCUT2D eigenvalue weighted by Crippen LogP contribution is -2.40. The molecule has 1 saturated heterocycles. The van der Waals surface area contributed by atoms with Gasteiger partial charge in [0.2, 0.25) is 0 Å². The molecule has 0 saturated carbocycles. The Morgan fingerprint density at radius 3 is 2.92 bits per heavy atom. The molecule has 1 aromatic carbocycles. The Bertz CT molecular complexity index is 844. The zero-order valence-corrected chi connectivity index (χ0v) is 15.0. The number of rotatable bonds is 6. The van der Waals surface area contributed by atoms with Crippen LogP contribution in [0.25, 0.3) is 10.9 Å². The zero-order valence-electron chi connectivity index (χ0n) is 15.0. The number of hydrogen-bond acceptors (Lipinski definition) is 4. The van der Waals surface area contributed by atoms with Crippen LogP contribution in [0.3, 0.4) is 0 Å². The number of H-pyrrole nitrogens is 1. The first kappa shape index (κ1) is 16.9. The minimum atomic E-state index is 0.229. The van der Waals surface area contributed by atoms with Crippen molar-refractivity contribution in [2.24, 2.45) is 0 Å². The van der Waals surface area contributed by atoms with Crippen LogP contribution in [0.2, 0.25) is 0 Å². The van der Waals surface area contributed by atoms with Gasteiger partial charge in [-0.1, -0.05) is 30.3 Å². The van der Waals surface area contributed by atoms with Gasteiger partial charge in [-0.2, -0.15) is 0 Å². The maximum atomic E-state index is 9.42. The fraction of sp³-hybridized carbons (Fsp3) is 0.381. The number of hydrogen-bond donors (Lipinski definition) is 3. The standard InChI is InChI=1S/C21H26N4O/c26-13-10-18-8-4-5-12-25(18)19-14-17-9-11-22-20(17)21(24-19)23-15-16-6-2-1-3-7-16/h1-3,6-7,9,11,14,18,22,26H,4-5,8,10,12-13,15H2,(H,23,24). The number of aliphatic hydroxyl groups is 1. The van der Waals surface area contributed by atoms with Crippen molar-refractivity contribution in [1.29, 1.82) is 0 Å². The van der Waals surface area contributed by atoms with Crippen LogP contribution in [0.4, 0.5) is 11.6 Å². The highest BCUT2D eigenvalue weighted by molar-refractivity contribution is 5.91. The topological polar surface area (TPSA) is 64.2 Å². The van der Waals surface area contributed by atoms with Gasteiger partial charge >= 0.3 is 0 Å². The second kappa shape index (κ2) is 7.79. The number of nitrogens with one attached hydrogen (secondary N) is 2. The van der Waals surface area contributed by atoms with Crippen LogP contribution in [0.15, 0.2) is 48.7 Å². The molecule has 1 fully saturated rings. The highest BCUT2D eigenvalue weighted by atomic mass is 16.3. The van der Waals surface area contributed by atoms with Crippen molar-refractivity contribution >= 4 is 22.5 Å². The van der Waals surface area contributed by atoms with Crippen LogP contribution in [0, 0.1) is 0 Å². The number of anilines is 2. The van der Waals surface area contributed by atoms with Gasteiger partial charge in [0.15, 0.2) is 5.82 Å². The van der Waals surface area contributed by atoms with Crippen molar-refractivity contribution in [3.05, 3.63) is 54.2 Å². The first-order valence-electron chi connectivity index (χ1n) is 9.48. The van der Waals surface area contributed by atoms with E-state index in [4.69, 9.17) is 4.98 Å². The van der Waals surface area contributed by atoms with Gasteiger partial charge in [-0.25, -0.2) is 4.98 Å². The van der Waals surface area contributed by atoms with E-state index in [1.165, 1.54) is 23.8 Å². The third kappa shape index (κ3) is 3.53. The molecule has 5 heteroatoms. The van der Waals surface area contributed by atoms with E-state index in [-0.39, 0.29) is 6.61 Å². The number of fused-ring (bicyclic) bond motifs is 1. The van der Waals surface area contributed by atoms with Gasteiger partial charge in [-0.3, -0.25) is 0 Å². The van der Waals surface area contributed by atoms with E-state index in [2.05, 4.69) is 51.6 Å². The molecule has 3 N–H and O–H groups in total. The fourth-order valence-corrected chi connectivity index (χ4v) is 3.86. The highest BCUT2D eigenvalue weighted by Gasteiger charge is 2.24. The Morgan fingerprint density at radius 2 is 2.08 bits per heavy atom. The maximum Gasteiger partial charge on any atom is 0.153 e. The van der Waals surface area contributed by atoms with E-state index in [1.807, 2.05) is 12.3 Å². The third-order valence-corrected chi connectivity index (χ3v) is 5.21. The molecule has 1 aliphatic heterocycles. The number of piperidine rings is 1. The van der Waals surface area contributed by atoms with Gasteiger partial charge in [0.1, 0.15) is 5.82 Å². The smallest absolute Gasteiger partial charge is 0.153 e. The van der Waals surface area contributed by atoms with E-state index in [1.54, 1.807) is 0 Å². The highest BCUT2D eigenvalue weighted by Crippen LogP contribution is 2.30. The van der Waals surface area contributed by atoms with Crippen LogP contribution < -0.4 is 10.2 Å². The average Bonchev–Trinajstić information content (AvgIpc) is 3.16. The first-order chi connectivity index (χ1) is 12.8. The zero-order chi connectivity index (χ0) is 17.8. The summed E-state index contributed by atoms with van der Waals surface area (Å²) < 4.78 is 0. The SMILES string of the molecule is OCCC1CCCCN1c1cc2cc[nH]c2c(NCc2ccccc2)n1. The molecule has 0 amide bonds. The van der Waals surface area contributed by atoms with E-state index >= 15 is 0 Å². The second-order valence-corrected chi connectivity index (χ2v) is 6.97. The van der Waals surface area contributed by atoms with Crippen molar-refractivity contribution in [1.82, 2.24) is 9.97 Å². The number of benzene rings is 1. The van der Waals surface area contributed by atoms with Crippen molar-refractivity contribution in [3.8, 4) is 0 Å². The maximum absolute atomic E-state index is 9.42. The summed E-state index contributed by atoms with van der Waals surface area (Å²) in [6.07, 6.45) is 6.30. The largest absolute Gasteiger partial charge is 0.396 e. The lowest BCUT2D eigenvalue weighted by atomic mass is 9.99. The molecule has 26 heavy (non-hydrogen) atoms. The normalized spacial score (nSPS) is 17.6. The quantitative estimate of drug-likeness (QED) is 0.630. The number of nitrogens with zero attached hydrogens (tertiary/aromatic N) is 2. The van der Waals surface area contributed by atoms with Crippen LogP contribution >= 0.6 is 0 Å². The van der Waals surface area contributed by atoms with Gasteiger partial charge in [0, 0.05) is 37.3 Å². The molecular weight excluding hydrogens is 324 g/mol. The summed E-state index contributed by atoms with van der Waals surface area (Å²) in [6.45, 7) is 1.98. The summed E-state index contributed by atoms with van der Waals surface area (Å²) in [5, 5.41) is 14.1. The summed E-state index contributed by atoms with van der Waals surface area (Å²) in [5.74, 6) is 1.89. The molecule has 5 nitrogen and oxygen atoms in total.